The smallest absolute Gasteiger partial charge is 0.395 e. The zero-order chi connectivity index (χ0) is 19.4. The molecule has 6 nitrogen and oxygen atoms in total. The fourth-order valence-electron chi connectivity index (χ4n) is 3.37. The zero-order valence-corrected chi connectivity index (χ0v) is 14.6. The van der Waals surface area contributed by atoms with Crippen LogP contribution in [0.3, 0.4) is 0 Å². The number of amides is 1. The Morgan fingerprint density at radius 2 is 1.79 bits per heavy atom. The number of para-hydroxylation sites is 1. The number of benzene rings is 2. The molecule has 3 aromatic rings. The zero-order valence-electron chi connectivity index (χ0n) is 14.6. The summed E-state index contributed by atoms with van der Waals surface area (Å²) in [5.41, 5.74) is 0.723. The van der Waals surface area contributed by atoms with Crippen LogP contribution in [0.15, 0.2) is 60.8 Å². The van der Waals surface area contributed by atoms with Gasteiger partial charge in [-0.1, -0.05) is 24.3 Å². The molecule has 0 unspecified atom stereocenters. The highest BCUT2D eigenvalue weighted by Crippen LogP contribution is 2.52. The Balaban J connectivity index is 1.36. The van der Waals surface area contributed by atoms with Gasteiger partial charge in [0.05, 0.1) is 11.1 Å². The fraction of sp³-hybridized carbons (Fsp3) is 0.200. The van der Waals surface area contributed by atoms with Gasteiger partial charge in [-0.05, 0) is 42.7 Å². The molecule has 1 amide bonds. The van der Waals surface area contributed by atoms with E-state index >= 15 is 0 Å². The van der Waals surface area contributed by atoms with Crippen LogP contribution in [0.4, 0.5) is 14.6 Å². The van der Waals surface area contributed by atoms with Gasteiger partial charge in [0, 0.05) is 12.3 Å². The minimum atomic E-state index is -3.68. The van der Waals surface area contributed by atoms with E-state index in [1.54, 1.807) is 23.0 Å². The topological polar surface area (TPSA) is 65.4 Å². The summed E-state index contributed by atoms with van der Waals surface area (Å²) < 4.78 is 37.1. The number of halogens is 2. The quantitative estimate of drug-likeness (QED) is 0.743. The number of rotatable bonds is 4. The van der Waals surface area contributed by atoms with Crippen molar-refractivity contribution in [2.24, 2.45) is 0 Å². The highest BCUT2D eigenvalue weighted by Gasteiger charge is 2.53. The number of hydrogen-bond donors (Lipinski definition) is 1. The Hall–Kier alpha value is -3.42. The van der Waals surface area contributed by atoms with E-state index in [1.807, 2.05) is 30.3 Å². The maximum atomic E-state index is 13.2. The lowest BCUT2D eigenvalue weighted by Gasteiger charge is -2.15. The Morgan fingerprint density at radius 3 is 2.54 bits per heavy atom. The highest BCUT2D eigenvalue weighted by atomic mass is 19.3. The van der Waals surface area contributed by atoms with E-state index in [4.69, 9.17) is 0 Å². The molecule has 2 aliphatic rings. The molecule has 2 heterocycles. The van der Waals surface area contributed by atoms with E-state index in [0.29, 0.717) is 24.2 Å². The van der Waals surface area contributed by atoms with Gasteiger partial charge in [0.1, 0.15) is 0 Å². The first-order valence-corrected chi connectivity index (χ1v) is 8.78. The lowest BCUT2D eigenvalue weighted by molar-refractivity contribution is -0.286. The standard InChI is InChI=1S/C20H15F2N3O3/c21-20(22)27-15-7-6-13(12-16(15)28-20)19(9-10-19)18(26)23-17-8-11-25(24-17)14-4-2-1-3-5-14/h1-8,11-12H,9-10H2,(H,23,24,26). The second kappa shape index (κ2) is 5.79. The summed E-state index contributed by atoms with van der Waals surface area (Å²) in [6.07, 6.45) is -0.681. The van der Waals surface area contributed by atoms with E-state index in [-0.39, 0.29) is 17.4 Å². The van der Waals surface area contributed by atoms with Gasteiger partial charge in [0.2, 0.25) is 5.91 Å². The largest absolute Gasteiger partial charge is 0.586 e. The van der Waals surface area contributed by atoms with E-state index < -0.39 is 11.7 Å². The Morgan fingerprint density at radius 1 is 1.04 bits per heavy atom. The molecule has 0 atom stereocenters. The van der Waals surface area contributed by atoms with Crippen molar-refractivity contribution in [2.45, 2.75) is 24.6 Å². The minimum absolute atomic E-state index is 0.0356. The van der Waals surface area contributed by atoms with Gasteiger partial charge in [-0.15, -0.1) is 8.78 Å². The van der Waals surface area contributed by atoms with Gasteiger partial charge in [0.25, 0.3) is 0 Å². The van der Waals surface area contributed by atoms with Crippen molar-refractivity contribution in [2.75, 3.05) is 5.32 Å². The van der Waals surface area contributed by atoms with Crippen LogP contribution in [-0.4, -0.2) is 22.0 Å². The predicted molar refractivity (Wildman–Crippen MR) is 95.8 cm³/mol. The number of carbonyl (C=O) groups is 1. The van der Waals surface area contributed by atoms with Crippen molar-refractivity contribution < 1.29 is 23.0 Å². The van der Waals surface area contributed by atoms with Crippen molar-refractivity contribution in [1.29, 1.82) is 0 Å². The van der Waals surface area contributed by atoms with E-state index in [2.05, 4.69) is 19.9 Å². The average molecular weight is 383 g/mol. The highest BCUT2D eigenvalue weighted by molar-refractivity contribution is 6.01. The van der Waals surface area contributed by atoms with E-state index in [1.165, 1.54) is 12.1 Å². The molecule has 1 N–H and O–H groups in total. The number of nitrogens with zero attached hydrogens (tertiary/aromatic N) is 2. The molecule has 1 saturated carbocycles. The summed E-state index contributed by atoms with van der Waals surface area (Å²) in [6, 6.07) is 15.7. The molecule has 1 aliphatic carbocycles. The number of alkyl halides is 2. The van der Waals surface area contributed by atoms with Crippen LogP contribution >= 0.6 is 0 Å². The van der Waals surface area contributed by atoms with Gasteiger partial charge in [-0.3, -0.25) is 4.79 Å². The second-order valence-corrected chi connectivity index (χ2v) is 6.85. The van der Waals surface area contributed by atoms with Crippen molar-refractivity contribution in [1.82, 2.24) is 9.78 Å². The molecule has 1 aromatic heterocycles. The summed E-state index contributed by atoms with van der Waals surface area (Å²) in [7, 11) is 0. The van der Waals surface area contributed by atoms with E-state index in [9.17, 15) is 13.6 Å². The number of hydrogen-bond acceptors (Lipinski definition) is 4. The number of anilines is 1. The molecular weight excluding hydrogens is 368 g/mol. The SMILES string of the molecule is O=C(Nc1ccn(-c2ccccc2)n1)C1(c2ccc3c(c2)OC(F)(F)O3)CC1. The van der Waals surface area contributed by atoms with Crippen LogP contribution in [0.5, 0.6) is 11.5 Å². The average Bonchev–Trinajstić information content (AvgIpc) is 3.26. The molecule has 0 radical (unpaired) electrons. The number of ether oxygens (including phenoxy) is 2. The molecular formula is C20H15F2N3O3. The van der Waals surface area contributed by atoms with Gasteiger partial charge < -0.3 is 14.8 Å². The van der Waals surface area contributed by atoms with Gasteiger partial charge in [-0.25, -0.2) is 4.68 Å². The molecule has 0 spiro atoms. The summed E-state index contributed by atoms with van der Waals surface area (Å²) >= 11 is 0. The van der Waals surface area contributed by atoms with Crippen molar-refractivity contribution in [3.8, 4) is 17.2 Å². The van der Waals surface area contributed by atoms with Crippen LogP contribution in [0.1, 0.15) is 18.4 Å². The van der Waals surface area contributed by atoms with Crippen LogP contribution in [0.2, 0.25) is 0 Å². The summed E-state index contributed by atoms with van der Waals surface area (Å²) in [5, 5.41) is 7.20. The normalized spacial score (nSPS) is 17.9. The molecule has 1 aliphatic heterocycles. The van der Waals surface area contributed by atoms with Gasteiger partial charge >= 0.3 is 6.29 Å². The van der Waals surface area contributed by atoms with Gasteiger partial charge in [0.15, 0.2) is 17.3 Å². The third kappa shape index (κ3) is 2.77. The first-order valence-electron chi connectivity index (χ1n) is 8.78. The maximum Gasteiger partial charge on any atom is 0.586 e. The van der Waals surface area contributed by atoms with Crippen LogP contribution in [0, 0.1) is 0 Å². The second-order valence-electron chi connectivity index (χ2n) is 6.85. The number of nitrogens with one attached hydrogen (secondary N) is 1. The molecule has 0 saturated heterocycles. The summed E-state index contributed by atoms with van der Waals surface area (Å²) in [5.74, 6) is 0.102. The molecule has 5 rings (SSSR count). The maximum absolute atomic E-state index is 13.2. The van der Waals surface area contributed by atoms with Crippen molar-refractivity contribution in [3.05, 3.63) is 66.4 Å². The Kier molecular flexibility index (Phi) is 3.46. The molecule has 1 fully saturated rings. The number of aromatic nitrogens is 2. The molecule has 28 heavy (non-hydrogen) atoms. The van der Waals surface area contributed by atoms with Crippen LogP contribution < -0.4 is 14.8 Å². The Labute approximate surface area is 158 Å². The number of fused-ring (bicyclic) bond motifs is 1. The van der Waals surface area contributed by atoms with Crippen molar-refractivity contribution >= 4 is 11.7 Å². The monoisotopic (exact) mass is 383 g/mol. The third-order valence-electron chi connectivity index (χ3n) is 4.99. The van der Waals surface area contributed by atoms with Crippen LogP contribution in [-0.2, 0) is 10.2 Å². The molecule has 142 valence electrons. The lowest BCUT2D eigenvalue weighted by Crippen LogP contribution is -2.28. The first-order chi connectivity index (χ1) is 13.5. The molecule has 2 aromatic carbocycles. The number of carbonyl (C=O) groups excluding carboxylic acids is 1. The van der Waals surface area contributed by atoms with Crippen molar-refractivity contribution in [3.63, 3.8) is 0 Å². The Bertz CT molecular complexity index is 1060. The molecule has 8 heteroatoms. The minimum Gasteiger partial charge on any atom is -0.395 e. The summed E-state index contributed by atoms with van der Waals surface area (Å²) in [4.78, 5) is 12.9. The van der Waals surface area contributed by atoms with Gasteiger partial charge in [-0.2, -0.15) is 5.10 Å². The van der Waals surface area contributed by atoms with Crippen LogP contribution in [0.25, 0.3) is 5.69 Å². The predicted octanol–water partition coefficient (Wildman–Crippen LogP) is 3.86. The summed E-state index contributed by atoms with van der Waals surface area (Å²) in [6.45, 7) is 0. The molecule has 0 bridgehead atoms. The third-order valence-corrected chi connectivity index (χ3v) is 4.99. The van der Waals surface area contributed by atoms with E-state index in [0.717, 1.165) is 5.69 Å². The fourth-order valence-corrected chi connectivity index (χ4v) is 3.37. The first kappa shape index (κ1) is 16.7. The lowest BCUT2D eigenvalue weighted by atomic mass is 9.94.